The van der Waals surface area contributed by atoms with E-state index in [1.54, 1.807) is 0 Å². The number of carboxylic acid groups (broad SMARTS) is 1. The van der Waals surface area contributed by atoms with Gasteiger partial charge < -0.3 is 10.4 Å². The lowest BCUT2D eigenvalue weighted by atomic mass is 9.78. The summed E-state index contributed by atoms with van der Waals surface area (Å²) in [7, 11) is 0. The second-order valence-corrected chi connectivity index (χ2v) is 3.84. The lowest BCUT2D eigenvalue weighted by molar-refractivity contribution is -0.137. The van der Waals surface area contributed by atoms with Gasteiger partial charge in [0.25, 0.3) is 0 Å². The van der Waals surface area contributed by atoms with E-state index < -0.39 is 5.97 Å². The summed E-state index contributed by atoms with van der Waals surface area (Å²) in [4.78, 5) is 10.2. The maximum Gasteiger partial charge on any atom is 0.303 e. The summed E-state index contributed by atoms with van der Waals surface area (Å²) in [6, 6.07) is 0. The van der Waals surface area contributed by atoms with Crippen molar-refractivity contribution in [3.05, 3.63) is 0 Å². The Bertz CT molecular complexity index is 164. The maximum absolute atomic E-state index is 10.2. The van der Waals surface area contributed by atoms with E-state index in [1.807, 2.05) is 0 Å². The van der Waals surface area contributed by atoms with Crippen molar-refractivity contribution >= 4 is 5.97 Å². The molecular weight excluding hydrogens is 154 g/mol. The van der Waals surface area contributed by atoms with Crippen molar-refractivity contribution in [2.75, 3.05) is 6.54 Å². The van der Waals surface area contributed by atoms with E-state index in [0.717, 1.165) is 13.0 Å². The number of rotatable bonds is 5. The lowest BCUT2D eigenvalue weighted by Crippen LogP contribution is -2.48. The Balaban J connectivity index is 1.98. The molecule has 12 heavy (non-hydrogen) atoms. The normalized spacial score (nSPS) is 20.1. The molecule has 0 unspecified atom stereocenters. The molecule has 70 valence electrons. The first-order valence-corrected chi connectivity index (χ1v) is 4.59. The molecule has 0 saturated heterocycles. The van der Waals surface area contributed by atoms with Crippen LogP contribution in [0.25, 0.3) is 0 Å². The zero-order valence-electron chi connectivity index (χ0n) is 7.60. The van der Waals surface area contributed by atoms with Gasteiger partial charge in [-0.2, -0.15) is 0 Å². The second-order valence-electron chi connectivity index (χ2n) is 3.84. The van der Waals surface area contributed by atoms with Crippen LogP contribution in [0.5, 0.6) is 0 Å². The summed E-state index contributed by atoms with van der Waals surface area (Å²) >= 11 is 0. The van der Waals surface area contributed by atoms with Crippen molar-refractivity contribution in [3.8, 4) is 0 Å². The highest BCUT2D eigenvalue weighted by molar-refractivity contribution is 5.66. The minimum atomic E-state index is -0.699. The summed E-state index contributed by atoms with van der Waals surface area (Å²) < 4.78 is 0. The maximum atomic E-state index is 10.2. The number of nitrogens with one attached hydrogen (secondary N) is 1. The third kappa shape index (κ3) is 2.81. The summed E-state index contributed by atoms with van der Waals surface area (Å²) in [5.74, 6) is -0.699. The SMILES string of the molecule is CC1(NCCCC(=O)O)CCC1. The molecule has 0 spiro atoms. The van der Waals surface area contributed by atoms with E-state index >= 15 is 0 Å². The van der Waals surface area contributed by atoms with Gasteiger partial charge in [-0.05, 0) is 39.2 Å². The highest BCUT2D eigenvalue weighted by Gasteiger charge is 2.30. The summed E-state index contributed by atoms with van der Waals surface area (Å²) in [6.45, 7) is 3.04. The number of carbonyl (C=O) groups is 1. The van der Waals surface area contributed by atoms with Crippen LogP contribution in [0.1, 0.15) is 39.0 Å². The first kappa shape index (κ1) is 9.52. The minimum absolute atomic E-state index is 0.281. The van der Waals surface area contributed by atoms with Crippen molar-refractivity contribution in [2.24, 2.45) is 0 Å². The second kappa shape index (κ2) is 3.90. The van der Waals surface area contributed by atoms with E-state index in [4.69, 9.17) is 5.11 Å². The minimum Gasteiger partial charge on any atom is -0.481 e. The average molecular weight is 171 g/mol. The van der Waals surface area contributed by atoms with Crippen molar-refractivity contribution in [1.82, 2.24) is 5.32 Å². The van der Waals surface area contributed by atoms with Crippen LogP contribution in [-0.2, 0) is 4.79 Å². The van der Waals surface area contributed by atoms with Gasteiger partial charge in [0.05, 0.1) is 0 Å². The molecule has 0 heterocycles. The highest BCUT2D eigenvalue weighted by Crippen LogP contribution is 2.30. The molecule has 1 saturated carbocycles. The van der Waals surface area contributed by atoms with E-state index in [9.17, 15) is 4.79 Å². The summed E-state index contributed by atoms with van der Waals surface area (Å²) in [5.41, 5.74) is 0.318. The van der Waals surface area contributed by atoms with E-state index in [-0.39, 0.29) is 6.42 Å². The quantitative estimate of drug-likeness (QED) is 0.614. The Kier molecular flexibility index (Phi) is 3.09. The Morgan fingerprint density at radius 2 is 2.25 bits per heavy atom. The van der Waals surface area contributed by atoms with E-state index in [2.05, 4.69) is 12.2 Å². The van der Waals surface area contributed by atoms with Crippen molar-refractivity contribution in [1.29, 1.82) is 0 Å². The van der Waals surface area contributed by atoms with Gasteiger partial charge in [0.15, 0.2) is 0 Å². The Morgan fingerprint density at radius 3 is 2.67 bits per heavy atom. The third-order valence-corrected chi connectivity index (χ3v) is 2.58. The molecule has 1 rings (SSSR count). The lowest BCUT2D eigenvalue weighted by Gasteiger charge is -2.39. The van der Waals surface area contributed by atoms with Crippen LogP contribution in [0.15, 0.2) is 0 Å². The van der Waals surface area contributed by atoms with Gasteiger partial charge in [-0.1, -0.05) is 0 Å². The Morgan fingerprint density at radius 1 is 1.58 bits per heavy atom. The number of hydrogen-bond acceptors (Lipinski definition) is 2. The molecule has 1 aliphatic carbocycles. The molecule has 3 heteroatoms. The molecule has 0 radical (unpaired) electrons. The Labute approximate surface area is 73.2 Å². The molecule has 0 aromatic heterocycles. The topological polar surface area (TPSA) is 49.3 Å². The molecule has 0 atom stereocenters. The predicted octanol–water partition coefficient (Wildman–Crippen LogP) is 1.38. The van der Waals surface area contributed by atoms with Crippen molar-refractivity contribution in [3.63, 3.8) is 0 Å². The zero-order chi connectivity index (χ0) is 9.03. The Hall–Kier alpha value is -0.570. The molecule has 1 aliphatic rings. The summed E-state index contributed by atoms with van der Waals surface area (Å²) in [6.07, 6.45) is 4.80. The highest BCUT2D eigenvalue weighted by atomic mass is 16.4. The molecular formula is C9H17NO2. The summed E-state index contributed by atoms with van der Waals surface area (Å²) in [5, 5.41) is 11.8. The third-order valence-electron chi connectivity index (χ3n) is 2.58. The van der Waals surface area contributed by atoms with Crippen LogP contribution in [-0.4, -0.2) is 23.2 Å². The predicted molar refractivity (Wildman–Crippen MR) is 47.1 cm³/mol. The molecule has 3 nitrogen and oxygen atoms in total. The van der Waals surface area contributed by atoms with Gasteiger partial charge in [0, 0.05) is 12.0 Å². The van der Waals surface area contributed by atoms with Crippen LogP contribution < -0.4 is 5.32 Å². The average Bonchev–Trinajstić information content (AvgIpc) is 1.94. The number of aliphatic carboxylic acids is 1. The number of hydrogen-bond donors (Lipinski definition) is 2. The molecule has 2 N–H and O–H groups in total. The molecule has 0 bridgehead atoms. The zero-order valence-corrected chi connectivity index (χ0v) is 7.60. The van der Waals surface area contributed by atoms with Gasteiger partial charge in [-0.25, -0.2) is 0 Å². The standard InChI is InChI=1S/C9H17NO2/c1-9(5-3-6-9)10-7-2-4-8(11)12/h10H,2-7H2,1H3,(H,11,12). The fraction of sp³-hybridized carbons (Fsp3) is 0.889. The fourth-order valence-electron chi connectivity index (χ4n) is 1.51. The van der Waals surface area contributed by atoms with Gasteiger partial charge in [0.2, 0.25) is 0 Å². The first-order valence-electron chi connectivity index (χ1n) is 4.59. The smallest absolute Gasteiger partial charge is 0.303 e. The van der Waals surface area contributed by atoms with E-state index in [1.165, 1.54) is 19.3 Å². The van der Waals surface area contributed by atoms with Gasteiger partial charge in [-0.3, -0.25) is 4.79 Å². The first-order chi connectivity index (χ1) is 5.62. The van der Waals surface area contributed by atoms with Crippen LogP contribution in [0, 0.1) is 0 Å². The number of carboxylic acids is 1. The molecule has 0 aliphatic heterocycles. The monoisotopic (exact) mass is 171 g/mol. The van der Waals surface area contributed by atoms with Crippen molar-refractivity contribution < 1.29 is 9.90 Å². The van der Waals surface area contributed by atoms with Gasteiger partial charge in [0.1, 0.15) is 0 Å². The molecule has 0 aromatic rings. The van der Waals surface area contributed by atoms with Crippen LogP contribution >= 0.6 is 0 Å². The largest absolute Gasteiger partial charge is 0.481 e. The van der Waals surface area contributed by atoms with Crippen molar-refractivity contribution in [2.45, 2.75) is 44.6 Å². The van der Waals surface area contributed by atoms with Crippen LogP contribution in [0.3, 0.4) is 0 Å². The fourth-order valence-corrected chi connectivity index (χ4v) is 1.51. The molecule has 0 amide bonds. The molecule has 1 fully saturated rings. The van der Waals surface area contributed by atoms with Gasteiger partial charge >= 0.3 is 5.97 Å². The van der Waals surface area contributed by atoms with Crippen LogP contribution in [0.4, 0.5) is 0 Å². The molecule has 0 aromatic carbocycles. The van der Waals surface area contributed by atoms with Gasteiger partial charge in [-0.15, -0.1) is 0 Å². The van der Waals surface area contributed by atoms with E-state index in [0.29, 0.717) is 5.54 Å². The van der Waals surface area contributed by atoms with Crippen LogP contribution in [0.2, 0.25) is 0 Å².